The largest absolute Gasteiger partial charge is 0.338 e. The van der Waals surface area contributed by atoms with E-state index >= 15 is 0 Å². The molecule has 2 aromatic heterocycles. The Morgan fingerprint density at radius 2 is 1.89 bits per heavy atom. The fourth-order valence-electron chi connectivity index (χ4n) is 2.72. The van der Waals surface area contributed by atoms with Crippen LogP contribution in [0.5, 0.6) is 0 Å². The van der Waals surface area contributed by atoms with Gasteiger partial charge in [-0.3, -0.25) is 0 Å². The monoisotopic (exact) mass is 375 g/mol. The van der Waals surface area contributed by atoms with Crippen LogP contribution >= 0.6 is 11.3 Å². The molecule has 0 aliphatic heterocycles. The van der Waals surface area contributed by atoms with Crippen molar-refractivity contribution in [3.63, 3.8) is 0 Å². The van der Waals surface area contributed by atoms with Crippen LogP contribution in [0.25, 0.3) is 10.3 Å². The number of fused-ring (bicyclic) bond motifs is 1. The van der Waals surface area contributed by atoms with Crippen LogP contribution in [0.3, 0.4) is 0 Å². The van der Waals surface area contributed by atoms with Gasteiger partial charge in [0.15, 0.2) is 5.82 Å². The summed E-state index contributed by atoms with van der Waals surface area (Å²) in [4.78, 5) is 14.1. The van der Waals surface area contributed by atoms with Crippen molar-refractivity contribution in [2.75, 3.05) is 5.32 Å². The lowest BCUT2D eigenvalue weighted by molar-refractivity contribution is 0.485. The number of anilines is 2. The average Bonchev–Trinajstić information content (AvgIpc) is 3.12. The van der Waals surface area contributed by atoms with E-state index in [2.05, 4.69) is 26.3 Å². The van der Waals surface area contributed by atoms with Crippen molar-refractivity contribution in [3.8, 4) is 6.07 Å². The first-order valence-corrected chi connectivity index (χ1v) is 9.09. The van der Waals surface area contributed by atoms with Gasteiger partial charge in [0, 0.05) is 12.1 Å². The lowest BCUT2D eigenvalue weighted by Gasteiger charge is -2.06. The Balaban J connectivity index is 1.64. The van der Waals surface area contributed by atoms with E-state index in [0.717, 1.165) is 21.1 Å². The summed E-state index contributed by atoms with van der Waals surface area (Å²) in [5.74, 6) is 0.601. The number of halogens is 1. The quantitative estimate of drug-likeness (QED) is 0.544. The second-order valence-corrected chi connectivity index (χ2v) is 6.95. The van der Waals surface area contributed by atoms with E-state index in [1.807, 2.05) is 18.2 Å². The predicted molar refractivity (Wildman–Crippen MR) is 104 cm³/mol. The molecule has 0 atom stereocenters. The molecule has 2 heterocycles. The predicted octanol–water partition coefficient (Wildman–Crippen LogP) is 4.76. The standard InChI is InChI=1S/C20H14FN5S/c21-10-13-5-7-16(8-6-13)25-19-18-20(24-12-23-19)27-17(26-18)9-14-3-1-2-4-15(14)11-22/h1-8,12H,9-10H2,(H,23,24,25). The van der Waals surface area contributed by atoms with E-state index in [9.17, 15) is 9.65 Å². The molecular formula is C20H14FN5S. The zero-order valence-electron chi connectivity index (χ0n) is 14.2. The molecule has 0 fully saturated rings. The normalized spacial score (nSPS) is 10.7. The smallest absolute Gasteiger partial charge is 0.161 e. The maximum Gasteiger partial charge on any atom is 0.161 e. The van der Waals surface area contributed by atoms with Gasteiger partial charge in [0.25, 0.3) is 0 Å². The van der Waals surface area contributed by atoms with Gasteiger partial charge in [-0.1, -0.05) is 41.7 Å². The lowest BCUT2D eigenvalue weighted by atomic mass is 10.1. The number of nitrogens with zero attached hydrogens (tertiary/aromatic N) is 4. The summed E-state index contributed by atoms with van der Waals surface area (Å²) in [5, 5.41) is 13.3. The van der Waals surface area contributed by atoms with Crippen molar-refractivity contribution in [1.82, 2.24) is 15.0 Å². The highest BCUT2D eigenvalue weighted by Crippen LogP contribution is 2.28. The van der Waals surface area contributed by atoms with E-state index in [1.54, 1.807) is 30.3 Å². The highest BCUT2D eigenvalue weighted by molar-refractivity contribution is 7.18. The van der Waals surface area contributed by atoms with E-state index in [1.165, 1.54) is 17.7 Å². The molecule has 27 heavy (non-hydrogen) atoms. The summed E-state index contributed by atoms with van der Waals surface area (Å²) < 4.78 is 12.7. The zero-order chi connectivity index (χ0) is 18.6. The molecule has 132 valence electrons. The minimum absolute atomic E-state index is 0.488. The first-order chi connectivity index (χ1) is 13.3. The van der Waals surface area contributed by atoms with Gasteiger partial charge in [-0.05, 0) is 29.3 Å². The van der Waals surface area contributed by atoms with Crippen molar-refractivity contribution < 1.29 is 4.39 Å². The number of thiazole rings is 1. The number of hydrogen-bond acceptors (Lipinski definition) is 6. The summed E-state index contributed by atoms with van der Waals surface area (Å²) in [6, 6.07) is 16.8. The van der Waals surface area contributed by atoms with E-state index < -0.39 is 6.67 Å². The molecule has 0 amide bonds. The van der Waals surface area contributed by atoms with Gasteiger partial charge >= 0.3 is 0 Å². The Morgan fingerprint density at radius 1 is 1.07 bits per heavy atom. The molecule has 0 saturated carbocycles. The summed E-state index contributed by atoms with van der Waals surface area (Å²) in [6.45, 7) is -0.488. The topological polar surface area (TPSA) is 74.5 Å². The minimum atomic E-state index is -0.488. The maximum absolute atomic E-state index is 12.7. The number of nitrogens with one attached hydrogen (secondary N) is 1. The number of aromatic nitrogens is 3. The highest BCUT2D eigenvalue weighted by atomic mass is 32.1. The molecule has 0 aliphatic carbocycles. The first kappa shape index (κ1) is 17.1. The fraction of sp³-hybridized carbons (Fsp3) is 0.100. The van der Waals surface area contributed by atoms with Crippen molar-refractivity contribution >= 4 is 33.2 Å². The van der Waals surface area contributed by atoms with Crippen molar-refractivity contribution in [3.05, 3.63) is 76.6 Å². The molecule has 0 bridgehead atoms. The minimum Gasteiger partial charge on any atom is -0.338 e. The van der Waals surface area contributed by atoms with E-state index in [4.69, 9.17) is 0 Å². The Hall–Kier alpha value is -3.37. The van der Waals surface area contributed by atoms with E-state index in [-0.39, 0.29) is 0 Å². The van der Waals surface area contributed by atoms with Gasteiger partial charge < -0.3 is 5.32 Å². The van der Waals surface area contributed by atoms with Gasteiger partial charge in [-0.15, -0.1) is 0 Å². The molecule has 4 aromatic rings. The Bertz CT molecular complexity index is 1130. The van der Waals surface area contributed by atoms with Crippen LogP contribution in [-0.4, -0.2) is 15.0 Å². The van der Waals surface area contributed by atoms with Gasteiger partial charge in [-0.25, -0.2) is 19.3 Å². The fourth-order valence-corrected chi connectivity index (χ4v) is 3.65. The van der Waals surface area contributed by atoms with Crippen LogP contribution in [0, 0.1) is 11.3 Å². The first-order valence-electron chi connectivity index (χ1n) is 8.27. The summed E-state index contributed by atoms with van der Waals surface area (Å²) in [5.41, 5.74) is 3.69. The summed E-state index contributed by atoms with van der Waals surface area (Å²) in [7, 11) is 0. The van der Waals surface area contributed by atoms with Crippen molar-refractivity contribution in [2.45, 2.75) is 13.1 Å². The van der Waals surface area contributed by atoms with Crippen LogP contribution in [0.2, 0.25) is 0 Å². The van der Waals surface area contributed by atoms with E-state index in [0.29, 0.717) is 28.9 Å². The molecule has 1 N–H and O–H groups in total. The van der Waals surface area contributed by atoms with Crippen molar-refractivity contribution in [1.29, 1.82) is 5.26 Å². The highest BCUT2D eigenvalue weighted by Gasteiger charge is 2.12. The molecule has 0 radical (unpaired) electrons. The number of alkyl halides is 1. The van der Waals surface area contributed by atoms with Gasteiger partial charge in [0.2, 0.25) is 0 Å². The number of hydrogen-bond donors (Lipinski definition) is 1. The molecule has 7 heteroatoms. The molecule has 0 aliphatic rings. The second-order valence-electron chi connectivity index (χ2n) is 5.88. The van der Waals surface area contributed by atoms with Gasteiger partial charge in [-0.2, -0.15) is 5.26 Å². The maximum atomic E-state index is 12.7. The third-order valence-electron chi connectivity index (χ3n) is 4.09. The summed E-state index contributed by atoms with van der Waals surface area (Å²) >= 11 is 1.48. The average molecular weight is 375 g/mol. The number of nitriles is 1. The molecular weight excluding hydrogens is 361 g/mol. The van der Waals surface area contributed by atoms with Crippen LogP contribution in [0.15, 0.2) is 54.9 Å². The molecule has 0 spiro atoms. The lowest BCUT2D eigenvalue weighted by Crippen LogP contribution is -1.96. The molecule has 0 saturated heterocycles. The van der Waals surface area contributed by atoms with Crippen molar-refractivity contribution in [2.24, 2.45) is 0 Å². The molecule has 0 unspecified atom stereocenters. The Labute approximate surface area is 159 Å². The molecule has 2 aromatic carbocycles. The van der Waals surface area contributed by atoms with Crippen LogP contribution < -0.4 is 5.32 Å². The Kier molecular flexibility index (Phi) is 4.73. The van der Waals surface area contributed by atoms with Gasteiger partial charge in [0.1, 0.15) is 28.4 Å². The van der Waals surface area contributed by atoms with Crippen LogP contribution in [0.4, 0.5) is 15.9 Å². The second kappa shape index (κ2) is 7.48. The van der Waals surface area contributed by atoms with Crippen LogP contribution in [-0.2, 0) is 13.1 Å². The van der Waals surface area contributed by atoms with Gasteiger partial charge in [0.05, 0.1) is 11.6 Å². The third kappa shape index (κ3) is 3.61. The number of benzene rings is 2. The molecule has 4 rings (SSSR count). The zero-order valence-corrected chi connectivity index (χ0v) is 15.0. The Morgan fingerprint density at radius 3 is 2.67 bits per heavy atom. The summed E-state index contributed by atoms with van der Waals surface area (Å²) in [6.07, 6.45) is 2.06. The SMILES string of the molecule is N#Cc1ccccc1Cc1nc2c(Nc3ccc(CF)cc3)ncnc2s1. The third-order valence-corrected chi connectivity index (χ3v) is 5.05. The van der Waals surface area contributed by atoms with Crippen LogP contribution in [0.1, 0.15) is 21.7 Å². The molecule has 5 nitrogen and oxygen atoms in total. The number of rotatable bonds is 5.